The molecule has 0 saturated carbocycles. The van der Waals surface area contributed by atoms with Crippen LogP contribution in [0, 0.1) is 0 Å². The number of nitrogens with one attached hydrogen (secondary N) is 1. The molecule has 3 N–H and O–H groups in total. The number of anilines is 1. The van der Waals surface area contributed by atoms with Gasteiger partial charge >= 0.3 is 5.97 Å². The van der Waals surface area contributed by atoms with Gasteiger partial charge in [0.2, 0.25) is 10.0 Å². The Labute approximate surface area is 126 Å². The first-order valence-corrected chi connectivity index (χ1v) is 8.36. The van der Waals surface area contributed by atoms with Crippen molar-refractivity contribution >= 4 is 33.0 Å². The fourth-order valence-electron chi connectivity index (χ4n) is 1.73. The van der Waals surface area contributed by atoms with Crippen LogP contribution in [0.25, 0.3) is 0 Å². The molecule has 2 rings (SSSR count). The number of primary sulfonamides is 1. The third-order valence-corrected chi connectivity index (χ3v) is 4.55. The summed E-state index contributed by atoms with van der Waals surface area (Å²) in [7, 11) is -2.64. The maximum Gasteiger partial charge on any atom is 0.340 e. The van der Waals surface area contributed by atoms with E-state index in [2.05, 4.69) is 10.1 Å². The van der Waals surface area contributed by atoms with Crippen molar-refractivity contribution < 1.29 is 17.9 Å². The van der Waals surface area contributed by atoms with Crippen LogP contribution in [0.2, 0.25) is 0 Å². The van der Waals surface area contributed by atoms with Gasteiger partial charge in [-0.15, -0.1) is 11.3 Å². The monoisotopic (exact) mass is 326 g/mol. The molecule has 0 unspecified atom stereocenters. The molecular formula is C13H14N2O4S2. The lowest BCUT2D eigenvalue weighted by Crippen LogP contribution is -2.15. The molecule has 1 heterocycles. The van der Waals surface area contributed by atoms with Crippen molar-refractivity contribution in [3.8, 4) is 0 Å². The van der Waals surface area contributed by atoms with E-state index in [1.807, 2.05) is 17.5 Å². The SMILES string of the molecule is COC(=O)c1cc(S(N)(=O)=O)ccc1NCc1cccs1. The largest absolute Gasteiger partial charge is 0.465 e. The number of thiophene rings is 1. The zero-order valence-corrected chi connectivity index (χ0v) is 12.8. The molecule has 0 fully saturated rings. The summed E-state index contributed by atoms with van der Waals surface area (Å²) in [4.78, 5) is 12.7. The fourth-order valence-corrected chi connectivity index (χ4v) is 2.91. The van der Waals surface area contributed by atoms with Gasteiger partial charge in [-0.2, -0.15) is 0 Å². The number of methoxy groups -OCH3 is 1. The van der Waals surface area contributed by atoms with Crippen LogP contribution in [0.4, 0.5) is 5.69 Å². The van der Waals surface area contributed by atoms with Crippen LogP contribution < -0.4 is 10.5 Å². The molecule has 1 aromatic carbocycles. The van der Waals surface area contributed by atoms with Gasteiger partial charge in [0.1, 0.15) is 0 Å². The Morgan fingerprint density at radius 3 is 2.71 bits per heavy atom. The minimum absolute atomic E-state index is 0.126. The molecule has 0 aliphatic rings. The summed E-state index contributed by atoms with van der Waals surface area (Å²) in [5.41, 5.74) is 0.614. The van der Waals surface area contributed by atoms with Crippen LogP contribution >= 0.6 is 11.3 Å². The Balaban J connectivity index is 2.33. The molecular weight excluding hydrogens is 312 g/mol. The molecule has 6 nitrogen and oxygen atoms in total. The number of hydrogen-bond acceptors (Lipinski definition) is 6. The van der Waals surface area contributed by atoms with E-state index in [0.717, 1.165) is 4.88 Å². The average molecular weight is 326 g/mol. The summed E-state index contributed by atoms with van der Waals surface area (Å²) in [6.45, 7) is 0.524. The Kier molecular flexibility index (Phi) is 4.61. The van der Waals surface area contributed by atoms with E-state index in [0.29, 0.717) is 12.2 Å². The number of esters is 1. The molecule has 1 aromatic heterocycles. The van der Waals surface area contributed by atoms with Crippen LogP contribution in [0.3, 0.4) is 0 Å². The smallest absolute Gasteiger partial charge is 0.340 e. The highest BCUT2D eigenvalue weighted by Gasteiger charge is 2.17. The van der Waals surface area contributed by atoms with Gasteiger partial charge in [-0.1, -0.05) is 6.07 Å². The second-order valence-electron chi connectivity index (χ2n) is 4.18. The first-order valence-electron chi connectivity index (χ1n) is 5.93. The van der Waals surface area contributed by atoms with Crippen LogP contribution in [0.15, 0.2) is 40.6 Å². The highest BCUT2D eigenvalue weighted by Crippen LogP contribution is 2.22. The number of hydrogen-bond donors (Lipinski definition) is 2. The zero-order valence-electron chi connectivity index (χ0n) is 11.2. The van der Waals surface area contributed by atoms with E-state index in [4.69, 9.17) is 5.14 Å². The molecule has 0 saturated heterocycles. The quantitative estimate of drug-likeness (QED) is 0.816. The zero-order chi connectivity index (χ0) is 15.5. The second-order valence-corrected chi connectivity index (χ2v) is 6.77. The Bertz CT molecular complexity index is 740. The topological polar surface area (TPSA) is 98.5 Å². The van der Waals surface area contributed by atoms with E-state index in [-0.39, 0.29) is 10.5 Å². The summed E-state index contributed by atoms with van der Waals surface area (Å²) in [6.07, 6.45) is 0. The van der Waals surface area contributed by atoms with Gasteiger partial charge in [-0.3, -0.25) is 0 Å². The van der Waals surface area contributed by atoms with Crippen molar-refractivity contribution in [2.45, 2.75) is 11.4 Å². The molecule has 0 bridgehead atoms. The van der Waals surface area contributed by atoms with E-state index >= 15 is 0 Å². The van der Waals surface area contributed by atoms with Gasteiger partial charge in [0.15, 0.2) is 0 Å². The van der Waals surface area contributed by atoms with Crippen LogP contribution in [-0.4, -0.2) is 21.5 Å². The Morgan fingerprint density at radius 2 is 2.14 bits per heavy atom. The van der Waals surface area contributed by atoms with Crippen molar-refractivity contribution in [2.75, 3.05) is 12.4 Å². The molecule has 0 amide bonds. The minimum Gasteiger partial charge on any atom is -0.465 e. The first kappa shape index (κ1) is 15.5. The maximum atomic E-state index is 11.8. The van der Waals surface area contributed by atoms with E-state index in [1.54, 1.807) is 11.3 Å². The van der Waals surface area contributed by atoms with Crippen molar-refractivity contribution in [1.82, 2.24) is 0 Å². The van der Waals surface area contributed by atoms with E-state index in [1.165, 1.54) is 25.3 Å². The highest BCUT2D eigenvalue weighted by molar-refractivity contribution is 7.89. The Morgan fingerprint density at radius 1 is 1.38 bits per heavy atom. The van der Waals surface area contributed by atoms with Crippen molar-refractivity contribution in [2.24, 2.45) is 5.14 Å². The number of ether oxygens (including phenoxy) is 1. The van der Waals surface area contributed by atoms with Gasteiger partial charge in [0.05, 0.1) is 17.6 Å². The van der Waals surface area contributed by atoms with E-state index < -0.39 is 16.0 Å². The summed E-state index contributed by atoms with van der Waals surface area (Å²) >= 11 is 1.58. The van der Waals surface area contributed by atoms with Crippen LogP contribution in [-0.2, 0) is 21.3 Å². The molecule has 8 heteroatoms. The second kappa shape index (κ2) is 6.25. The molecule has 0 radical (unpaired) electrons. The van der Waals surface area contributed by atoms with Crippen molar-refractivity contribution in [1.29, 1.82) is 0 Å². The minimum atomic E-state index is -3.88. The third-order valence-electron chi connectivity index (χ3n) is 2.76. The molecule has 0 aliphatic heterocycles. The average Bonchev–Trinajstić information content (AvgIpc) is 2.96. The van der Waals surface area contributed by atoms with Gasteiger partial charge in [-0.05, 0) is 29.6 Å². The fraction of sp³-hybridized carbons (Fsp3) is 0.154. The lowest BCUT2D eigenvalue weighted by Gasteiger charge is -2.11. The molecule has 2 aromatic rings. The van der Waals surface area contributed by atoms with Gasteiger partial charge in [-0.25, -0.2) is 18.4 Å². The Hall–Kier alpha value is -1.90. The molecule has 112 valence electrons. The number of sulfonamides is 1. The maximum absolute atomic E-state index is 11.8. The third kappa shape index (κ3) is 3.81. The van der Waals surface area contributed by atoms with Crippen LogP contribution in [0.1, 0.15) is 15.2 Å². The van der Waals surface area contributed by atoms with Crippen molar-refractivity contribution in [3.63, 3.8) is 0 Å². The normalized spacial score (nSPS) is 11.1. The predicted octanol–water partition coefficient (Wildman–Crippen LogP) is 1.79. The van der Waals surface area contributed by atoms with Gasteiger partial charge in [0.25, 0.3) is 0 Å². The number of carbonyl (C=O) groups excluding carboxylic acids is 1. The van der Waals surface area contributed by atoms with Gasteiger partial charge in [0, 0.05) is 17.1 Å². The lowest BCUT2D eigenvalue weighted by molar-refractivity contribution is 0.0601. The number of rotatable bonds is 5. The summed E-state index contributed by atoms with van der Waals surface area (Å²) in [5, 5.41) is 10.1. The summed E-state index contributed by atoms with van der Waals surface area (Å²) < 4.78 is 27.4. The number of carbonyl (C=O) groups is 1. The summed E-state index contributed by atoms with van der Waals surface area (Å²) in [6, 6.07) is 7.93. The number of nitrogens with two attached hydrogens (primary N) is 1. The molecule has 0 spiro atoms. The molecule has 0 aliphatic carbocycles. The van der Waals surface area contributed by atoms with E-state index in [9.17, 15) is 13.2 Å². The highest BCUT2D eigenvalue weighted by atomic mass is 32.2. The predicted molar refractivity (Wildman–Crippen MR) is 80.8 cm³/mol. The first-order chi connectivity index (χ1) is 9.91. The lowest BCUT2D eigenvalue weighted by atomic mass is 10.1. The molecule has 21 heavy (non-hydrogen) atoms. The standard InChI is InChI=1S/C13H14N2O4S2/c1-19-13(16)11-7-10(21(14,17)18)4-5-12(11)15-8-9-3-2-6-20-9/h2-7,15H,8H2,1H3,(H2,14,17,18). The van der Waals surface area contributed by atoms with Gasteiger partial charge < -0.3 is 10.1 Å². The number of benzene rings is 1. The van der Waals surface area contributed by atoms with Crippen LogP contribution in [0.5, 0.6) is 0 Å². The summed E-state index contributed by atoms with van der Waals surface area (Å²) in [5.74, 6) is -0.630. The van der Waals surface area contributed by atoms with Crippen molar-refractivity contribution in [3.05, 3.63) is 46.2 Å². The molecule has 0 atom stereocenters.